The highest BCUT2D eigenvalue weighted by Gasteiger charge is 2.27. The fourth-order valence-corrected chi connectivity index (χ4v) is 3.44. The summed E-state index contributed by atoms with van der Waals surface area (Å²) in [7, 11) is 0. The van der Waals surface area contributed by atoms with E-state index in [2.05, 4.69) is 5.32 Å². The minimum atomic E-state index is 0. The molecule has 2 aliphatic heterocycles. The van der Waals surface area contributed by atoms with Crippen molar-refractivity contribution >= 4 is 29.9 Å². The molecule has 0 aromatic heterocycles. The second-order valence-electron chi connectivity index (χ2n) is 6.15. The van der Waals surface area contributed by atoms with Gasteiger partial charge in [-0.15, -0.1) is 12.4 Å². The minimum absolute atomic E-state index is 0. The van der Waals surface area contributed by atoms with Crippen LogP contribution in [-0.2, 0) is 11.2 Å². The van der Waals surface area contributed by atoms with Gasteiger partial charge in [-0.25, -0.2) is 0 Å². The van der Waals surface area contributed by atoms with Crippen LogP contribution in [0, 0.1) is 0 Å². The highest BCUT2D eigenvalue weighted by molar-refractivity contribution is 5.98. The average Bonchev–Trinajstić information content (AvgIpc) is 2.54. The molecule has 1 atom stereocenters. The van der Waals surface area contributed by atoms with E-state index in [1.54, 1.807) is 0 Å². The van der Waals surface area contributed by atoms with Crippen molar-refractivity contribution in [2.45, 2.75) is 44.6 Å². The number of hydrogen-bond acceptors (Lipinski definition) is 3. The molecule has 1 aromatic rings. The molecule has 1 aromatic carbocycles. The summed E-state index contributed by atoms with van der Waals surface area (Å²) in [5, 5.41) is 2.85. The molecule has 3 N–H and O–H groups in total. The molecular weight excluding hydrogens is 314 g/mol. The number of hydrogen-bond donors (Lipinski definition) is 2. The molecule has 1 fully saturated rings. The van der Waals surface area contributed by atoms with E-state index < -0.39 is 0 Å². The first kappa shape index (κ1) is 17.8. The summed E-state index contributed by atoms with van der Waals surface area (Å²) in [6, 6.07) is 5.87. The van der Waals surface area contributed by atoms with Crippen molar-refractivity contribution in [1.29, 1.82) is 0 Å². The number of aryl methyl sites for hydroxylation is 1. The number of carbonyl (C=O) groups is 2. The zero-order valence-electron chi connectivity index (χ0n) is 13.2. The van der Waals surface area contributed by atoms with Crippen LogP contribution in [0.4, 0.5) is 5.69 Å². The number of benzene rings is 1. The third-order valence-electron chi connectivity index (χ3n) is 4.64. The molecule has 2 aliphatic rings. The van der Waals surface area contributed by atoms with Crippen LogP contribution in [0.5, 0.6) is 0 Å². The van der Waals surface area contributed by atoms with Crippen LogP contribution in [-0.4, -0.2) is 35.8 Å². The van der Waals surface area contributed by atoms with Crippen LogP contribution < -0.4 is 11.1 Å². The summed E-state index contributed by atoms with van der Waals surface area (Å²) in [4.78, 5) is 26.2. The lowest BCUT2D eigenvalue weighted by Crippen LogP contribution is -2.44. The number of piperidine rings is 1. The Balaban J connectivity index is 0.00000192. The summed E-state index contributed by atoms with van der Waals surface area (Å²) in [5.41, 5.74) is 8.30. The van der Waals surface area contributed by atoms with Gasteiger partial charge < -0.3 is 16.0 Å². The molecular formula is C17H24ClN3O2. The first-order chi connectivity index (χ1) is 10.7. The van der Waals surface area contributed by atoms with Gasteiger partial charge in [0.15, 0.2) is 0 Å². The molecule has 23 heavy (non-hydrogen) atoms. The number of likely N-dealkylation sites (tertiary alicyclic amines) is 1. The maximum Gasteiger partial charge on any atom is 0.254 e. The second-order valence-corrected chi connectivity index (χ2v) is 6.15. The number of anilines is 1. The van der Waals surface area contributed by atoms with E-state index in [-0.39, 0.29) is 30.3 Å². The molecule has 0 bridgehead atoms. The van der Waals surface area contributed by atoms with E-state index in [9.17, 15) is 9.59 Å². The second kappa shape index (κ2) is 7.79. The Morgan fingerprint density at radius 2 is 2.13 bits per heavy atom. The Kier molecular flexibility index (Phi) is 6.02. The molecule has 6 heteroatoms. The lowest BCUT2D eigenvalue weighted by Gasteiger charge is -2.36. The topological polar surface area (TPSA) is 75.4 Å². The molecule has 2 amide bonds. The number of nitrogens with two attached hydrogens (primary N) is 1. The molecule has 5 nitrogen and oxygen atoms in total. The summed E-state index contributed by atoms with van der Waals surface area (Å²) >= 11 is 0. The number of halogens is 1. The van der Waals surface area contributed by atoms with Crippen LogP contribution in [0.15, 0.2) is 18.2 Å². The smallest absolute Gasteiger partial charge is 0.254 e. The van der Waals surface area contributed by atoms with Crippen molar-refractivity contribution in [2.24, 2.45) is 5.73 Å². The quantitative estimate of drug-likeness (QED) is 0.888. The predicted octanol–water partition coefficient (Wildman–Crippen LogP) is 2.34. The molecule has 1 unspecified atom stereocenters. The number of amides is 2. The van der Waals surface area contributed by atoms with Crippen molar-refractivity contribution < 1.29 is 9.59 Å². The Morgan fingerprint density at radius 1 is 1.30 bits per heavy atom. The van der Waals surface area contributed by atoms with Crippen molar-refractivity contribution in [1.82, 2.24) is 4.90 Å². The molecule has 0 saturated carbocycles. The van der Waals surface area contributed by atoms with E-state index in [1.807, 2.05) is 23.1 Å². The maximum absolute atomic E-state index is 12.8. The predicted molar refractivity (Wildman–Crippen MR) is 93.0 cm³/mol. The zero-order valence-corrected chi connectivity index (χ0v) is 14.0. The third kappa shape index (κ3) is 3.85. The average molecular weight is 338 g/mol. The number of nitrogens with zero attached hydrogens (tertiary/aromatic N) is 1. The van der Waals surface area contributed by atoms with E-state index >= 15 is 0 Å². The first-order valence-corrected chi connectivity index (χ1v) is 8.13. The summed E-state index contributed by atoms with van der Waals surface area (Å²) in [6.45, 7) is 1.43. The molecule has 126 valence electrons. The van der Waals surface area contributed by atoms with E-state index in [0.717, 1.165) is 42.6 Å². The van der Waals surface area contributed by atoms with Gasteiger partial charge in [0.1, 0.15) is 0 Å². The molecule has 3 rings (SSSR count). The molecule has 2 heterocycles. The number of nitrogens with one attached hydrogen (secondary N) is 1. The molecule has 0 aliphatic carbocycles. The van der Waals surface area contributed by atoms with Crippen LogP contribution in [0.25, 0.3) is 0 Å². The third-order valence-corrected chi connectivity index (χ3v) is 4.64. The van der Waals surface area contributed by atoms with Crippen LogP contribution in [0.1, 0.15) is 48.0 Å². The van der Waals surface area contributed by atoms with Crippen molar-refractivity contribution in [2.75, 3.05) is 18.4 Å². The Bertz CT molecular complexity index is 589. The summed E-state index contributed by atoms with van der Waals surface area (Å²) < 4.78 is 0. The van der Waals surface area contributed by atoms with E-state index in [4.69, 9.17) is 5.73 Å². The highest BCUT2D eigenvalue weighted by atomic mass is 35.5. The van der Waals surface area contributed by atoms with Gasteiger partial charge in [0.25, 0.3) is 5.91 Å². The monoisotopic (exact) mass is 337 g/mol. The van der Waals surface area contributed by atoms with Gasteiger partial charge >= 0.3 is 0 Å². The largest absolute Gasteiger partial charge is 0.336 e. The summed E-state index contributed by atoms with van der Waals surface area (Å²) in [6.07, 6.45) is 5.34. The number of rotatable bonds is 3. The Labute approximate surface area is 143 Å². The Hall–Kier alpha value is -1.59. The molecule has 1 saturated heterocycles. The first-order valence-electron chi connectivity index (χ1n) is 8.13. The Morgan fingerprint density at radius 3 is 2.91 bits per heavy atom. The van der Waals surface area contributed by atoms with Gasteiger partial charge in [0.05, 0.1) is 0 Å². The standard InChI is InChI=1S/C17H23N3O2.ClH/c18-9-8-14-3-1-2-10-20(14)17(22)13-4-6-15-12(11-13)5-7-16(21)19-15;/h4,6,11,14H,1-3,5,7-10,18H2,(H,19,21);1H. The van der Waals surface area contributed by atoms with Crippen molar-refractivity contribution in [3.63, 3.8) is 0 Å². The number of carbonyl (C=O) groups excluding carboxylic acids is 2. The highest BCUT2D eigenvalue weighted by Crippen LogP contribution is 2.26. The van der Waals surface area contributed by atoms with Crippen LogP contribution in [0.3, 0.4) is 0 Å². The fourth-order valence-electron chi connectivity index (χ4n) is 3.44. The zero-order chi connectivity index (χ0) is 15.5. The van der Waals surface area contributed by atoms with Crippen molar-refractivity contribution in [3.05, 3.63) is 29.3 Å². The van der Waals surface area contributed by atoms with Gasteiger partial charge in [-0.2, -0.15) is 0 Å². The maximum atomic E-state index is 12.8. The SMILES string of the molecule is Cl.NCCC1CCCCN1C(=O)c1ccc2c(c1)CCC(=O)N2. The number of fused-ring (bicyclic) bond motifs is 1. The molecule has 0 radical (unpaired) electrons. The van der Waals surface area contributed by atoms with Crippen LogP contribution >= 0.6 is 12.4 Å². The fraction of sp³-hybridized carbons (Fsp3) is 0.529. The van der Waals surface area contributed by atoms with Crippen LogP contribution in [0.2, 0.25) is 0 Å². The summed E-state index contributed by atoms with van der Waals surface area (Å²) in [5.74, 6) is 0.142. The van der Waals surface area contributed by atoms with Gasteiger partial charge in [0.2, 0.25) is 5.91 Å². The minimum Gasteiger partial charge on any atom is -0.336 e. The normalized spacial score (nSPS) is 20.3. The van der Waals surface area contributed by atoms with Gasteiger partial charge in [-0.05, 0) is 62.4 Å². The molecule has 0 spiro atoms. The van der Waals surface area contributed by atoms with Gasteiger partial charge in [-0.3, -0.25) is 9.59 Å². The van der Waals surface area contributed by atoms with E-state index in [1.165, 1.54) is 6.42 Å². The van der Waals surface area contributed by atoms with E-state index in [0.29, 0.717) is 19.4 Å². The van der Waals surface area contributed by atoms with Crippen molar-refractivity contribution in [3.8, 4) is 0 Å². The lowest BCUT2D eigenvalue weighted by atomic mass is 9.96. The van der Waals surface area contributed by atoms with Gasteiger partial charge in [-0.1, -0.05) is 0 Å². The lowest BCUT2D eigenvalue weighted by molar-refractivity contribution is -0.116. The van der Waals surface area contributed by atoms with Gasteiger partial charge in [0, 0.05) is 30.3 Å².